The van der Waals surface area contributed by atoms with Crippen LogP contribution in [0, 0.1) is 13.8 Å². The van der Waals surface area contributed by atoms with Gasteiger partial charge in [0.2, 0.25) is 0 Å². The highest BCUT2D eigenvalue weighted by Gasteiger charge is 2.28. The van der Waals surface area contributed by atoms with E-state index in [-0.39, 0.29) is 11.1 Å². The van der Waals surface area contributed by atoms with Gasteiger partial charge < -0.3 is 10.2 Å². The van der Waals surface area contributed by atoms with E-state index in [1.54, 1.807) is 46.9 Å². The summed E-state index contributed by atoms with van der Waals surface area (Å²) in [6.45, 7) is 4.16. The summed E-state index contributed by atoms with van der Waals surface area (Å²) in [7, 11) is 0. The van der Waals surface area contributed by atoms with Crippen molar-refractivity contribution >= 4 is 88.0 Å². The zero-order valence-corrected chi connectivity index (χ0v) is 29.3. The SMILES string of the molecule is Cc1sc(-c2ccccc2)c(Br)c1-c1c(-c2c(C)sc(-c3ccccc3)c2Br)c2cc(C(=O)O)ccc2c2ccc(C(=O)O)cc12. The normalized spacial score (nSPS) is 11.4. The summed E-state index contributed by atoms with van der Waals surface area (Å²) in [4.78, 5) is 28.9. The van der Waals surface area contributed by atoms with Crippen molar-refractivity contribution in [3.63, 3.8) is 0 Å². The molecule has 2 aromatic heterocycles. The van der Waals surface area contributed by atoms with Crippen LogP contribution < -0.4 is 0 Å². The topological polar surface area (TPSA) is 74.6 Å². The first-order valence-electron chi connectivity index (χ1n) is 14.3. The molecular formula is C38H24Br2O4S2. The Morgan fingerprint density at radius 1 is 0.522 bits per heavy atom. The number of thiophene rings is 2. The van der Waals surface area contributed by atoms with Crippen molar-refractivity contribution in [3.05, 3.63) is 127 Å². The molecule has 0 aliphatic carbocycles. The summed E-state index contributed by atoms with van der Waals surface area (Å²) in [5, 5.41) is 23.5. The lowest BCUT2D eigenvalue weighted by Crippen LogP contribution is -2.00. The summed E-state index contributed by atoms with van der Waals surface area (Å²) in [5.41, 5.74) is 6.12. The summed E-state index contributed by atoms with van der Waals surface area (Å²) < 4.78 is 1.82. The van der Waals surface area contributed by atoms with Gasteiger partial charge in [0.25, 0.3) is 0 Å². The van der Waals surface area contributed by atoms with Crippen LogP contribution in [-0.2, 0) is 0 Å². The monoisotopic (exact) mass is 766 g/mol. The molecule has 0 saturated carbocycles. The number of carboxylic acid groups (broad SMARTS) is 2. The van der Waals surface area contributed by atoms with Gasteiger partial charge in [0.15, 0.2) is 0 Å². The number of rotatable bonds is 6. The maximum atomic E-state index is 12.3. The number of benzene rings is 5. The van der Waals surface area contributed by atoms with Crippen LogP contribution in [0.5, 0.6) is 0 Å². The lowest BCUT2D eigenvalue weighted by Gasteiger charge is -2.20. The fourth-order valence-electron chi connectivity index (χ4n) is 6.18. The van der Waals surface area contributed by atoms with Crippen molar-refractivity contribution in [1.29, 1.82) is 0 Å². The van der Waals surface area contributed by atoms with Gasteiger partial charge in [0, 0.05) is 50.7 Å². The fraction of sp³-hybridized carbons (Fsp3) is 0.0526. The van der Waals surface area contributed by atoms with Crippen LogP contribution in [-0.4, -0.2) is 22.2 Å². The molecule has 7 aromatic rings. The summed E-state index contributed by atoms with van der Waals surface area (Å²) in [6, 6.07) is 30.7. The second kappa shape index (κ2) is 11.9. The average Bonchev–Trinajstić information content (AvgIpc) is 3.53. The summed E-state index contributed by atoms with van der Waals surface area (Å²) >= 11 is 11.3. The van der Waals surface area contributed by atoms with Crippen LogP contribution in [0.15, 0.2) is 106 Å². The van der Waals surface area contributed by atoms with E-state index >= 15 is 0 Å². The van der Waals surface area contributed by atoms with E-state index in [1.807, 2.05) is 48.5 Å². The molecule has 0 atom stereocenters. The number of hydrogen-bond acceptors (Lipinski definition) is 4. The van der Waals surface area contributed by atoms with E-state index < -0.39 is 11.9 Å². The van der Waals surface area contributed by atoms with Gasteiger partial charge in [0.05, 0.1) is 11.1 Å². The van der Waals surface area contributed by atoms with Gasteiger partial charge in [-0.25, -0.2) is 9.59 Å². The van der Waals surface area contributed by atoms with Gasteiger partial charge in [-0.2, -0.15) is 0 Å². The molecule has 0 saturated heterocycles. The Bertz CT molecular complexity index is 2190. The van der Waals surface area contributed by atoms with E-state index in [1.165, 1.54) is 0 Å². The largest absolute Gasteiger partial charge is 0.478 e. The molecular weight excluding hydrogens is 744 g/mol. The third-order valence-corrected chi connectivity index (χ3v) is 12.7. The smallest absolute Gasteiger partial charge is 0.335 e. The van der Waals surface area contributed by atoms with E-state index in [2.05, 4.69) is 70.0 Å². The zero-order chi connectivity index (χ0) is 32.3. The minimum Gasteiger partial charge on any atom is -0.478 e. The van der Waals surface area contributed by atoms with Gasteiger partial charge in [-0.3, -0.25) is 0 Å². The molecule has 0 fully saturated rings. The molecule has 0 aliphatic heterocycles. The first-order valence-corrected chi connectivity index (χ1v) is 17.6. The van der Waals surface area contributed by atoms with Gasteiger partial charge >= 0.3 is 11.9 Å². The molecule has 0 unspecified atom stereocenters. The Hall–Kier alpha value is -4.08. The Labute approximate surface area is 289 Å². The standard InChI is InChI=1S/C38H24Br2O4S2/c1-19-29(33(39)35(45-19)21-9-5-3-6-10-21)31-27-17-23(37(41)42)13-15-25(27)26-16-14-24(38(43)44)18-28(26)32(31)30-20(2)46-36(34(30)40)22-11-7-4-8-12-22/h3-18H,1-2H3,(H,41,42)(H,43,44). The van der Waals surface area contributed by atoms with Crippen molar-refractivity contribution < 1.29 is 19.8 Å². The highest BCUT2D eigenvalue weighted by molar-refractivity contribution is 9.11. The molecule has 0 radical (unpaired) electrons. The Morgan fingerprint density at radius 2 is 0.891 bits per heavy atom. The number of halogens is 2. The van der Waals surface area contributed by atoms with E-state index in [0.29, 0.717) is 0 Å². The molecule has 0 aliphatic rings. The van der Waals surface area contributed by atoms with Crippen LogP contribution >= 0.6 is 54.5 Å². The molecule has 0 spiro atoms. The molecule has 5 aromatic carbocycles. The van der Waals surface area contributed by atoms with E-state index in [9.17, 15) is 19.8 Å². The molecule has 2 N–H and O–H groups in total. The molecule has 46 heavy (non-hydrogen) atoms. The molecule has 4 nitrogen and oxygen atoms in total. The predicted molar refractivity (Wildman–Crippen MR) is 198 cm³/mol. The highest BCUT2D eigenvalue weighted by atomic mass is 79.9. The van der Waals surface area contributed by atoms with Gasteiger partial charge in [0.1, 0.15) is 0 Å². The van der Waals surface area contributed by atoms with Gasteiger partial charge in [-0.1, -0.05) is 72.8 Å². The van der Waals surface area contributed by atoms with Crippen molar-refractivity contribution in [2.45, 2.75) is 13.8 Å². The quantitative estimate of drug-likeness (QED) is 0.165. The summed E-state index contributed by atoms with van der Waals surface area (Å²) in [5.74, 6) is -2.03. The van der Waals surface area contributed by atoms with Crippen LogP contribution in [0.4, 0.5) is 0 Å². The maximum absolute atomic E-state index is 12.3. The van der Waals surface area contributed by atoms with E-state index in [4.69, 9.17) is 0 Å². The first-order chi connectivity index (χ1) is 22.2. The van der Waals surface area contributed by atoms with Crippen LogP contribution in [0.2, 0.25) is 0 Å². The van der Waals surface area contributed by atoms with Gasteiger partial charge in [-0.15, -0.1) is 22.7 Å². The number of fused-ring (bicyclic) bond motifs is 3. The predicted octanol–water partition coefficient (Wildman–Crippen LogP) is 12.3. The highest BCUT2D eigenvalue weighted by Crippen LogP contribution is 2.56. The Balaban J connectivity index is 1.71. The van der Waals surface area contributed by atoms with Crippen molar-refractivity contribution in [2.24, 2.45) is 0 Å². The molecule has 0 amide bonds. The third kappa shape index (κ3) is 5.00. The average molecular weight is 769 g/mol. The number of carboxylic acids is 2. The number of hydrogen-bond donors (Lipinski definition) is 2. The second-order valence-electron chi connectivity index (χ2n) is 11.0. The minimum absolute atomic E-state index is 0.180. The second-order valence-corrected chi connectivity index (χ2v) is 15.0. The molecule has 226 valence electrons. The Kier molecular flexibility index (Phi) is 7.93. The molecule has 7 rings (SSSR count). The lowest BCUT2D eigenvalue weighted by molar-refractivity contribution is 0.0686. The van der Waals surface area contributed by atoms with Crippen LogP contribution in [0.25, 0.3) is 64.7 Å². The lowest BCUT2D eigenvalue weighted by atomic mass is 9.84. The molecule has 2 heterocycles. The van der Waals surface area contributed by atoms with Crippen molar-refractivity contribution in [2.75, 3.05) is 0 Å². The maximum Gasteiger partial charge on any atom is 0.335 e. The minimum atomic E-state index is -1.01. The van der Waals surface area contributed by atoms with E-state index in [0.717, 1.165) is 83.4 Å². The van der Waals surface area contributed by atoms with Crippen LogP contribution in [0.1, 0.15) is 30.5 Å². The zero-order valence-electron chi connectivity index (χ0n) is 24.5. The van der Waals surface area contributed by atoms with Gasteiger partial charge in [-0.05, 0) is 103 Å². The number of aryl methyl sites for hydroxylation is 2. The van der Waals surface area contributed by atoms with Crippen molar-refractivity contribution in [3.8, 4) is 43.1 Å². The number of aromatic carboxylic acids is 2. The fourth-order valence-corrected chi connectivity index (χ4v) is 10.5. The van der Waals surface area contributed by atoms with Crippen molar-refractivity contribution in [1.82, 2.24) is 0 Å². The molecule has 0 bridgehead atoms. The third-order valence-electron chi connectivity index (χ3n) is 8.24. The van der Waals surface area contributed by atoms with Crippen LogP contribution in [0.3, 0.4) is 0 Å². The first kappa shape index (κ1) is 30.6. The number of carbonyl (C=O) groups is 2. The summed E-state index contributed by atoms with van der Waals surface area (Å²) in [6.07, 6.45) is 0. The molecule has 8 heteroatoms. The Morgan fingerprint density at radius 3 is 1.24 bits per heavy atom.